The van der Waals surface area contributed by atoms with Crippen molar-refractivity contribution >= 4 is 17.4 Å². The van der Waals surface area contributed by atoms with E-state index in [1.54, 1.807) is 0 Å². The molecular weight excluding hydrogens is 224 g/mol. The van der Waals surface area contributed by atoms with Crippen molar-refractivity contribution in [2.45, 2.75) is 19.8 Å². The molecule has 1 aliphatic rings. The Balaban J connectivity index is 2.16. The summed E-state index contributed by atoms with van der Waals surface area (Å²) in [5, 5.41) is 0.324. The van der Waals surface area contributed by atoms with Crippen molar-refractivity contribution in [3.63, 3.8) is 0 Å². The number of rotatable bonds is 2. The summed E-state index contributed by atoms with van der Waals surface area (Å²) in [6.07, 6.45) is 2.38. The number of hydrogen-bond donors (Lipinski definition) is 1. The molecule has 0 radical (unpaired) electrons. The number of aryl methyl sites for hydroxylation is 1. The van der Waals surface area contributed by atoms with E-state index in [0.29, 0.717) is 11.2 Å². The van der Waals surface area contributed by atoms with Crippen molar-refractivity contribution in [2.75, 3.05) is 24.5 Å². The Hall–Kier alpha value is -0.870. The van der Waals surface area contributed by atoms with Gasteiger partial charge >= 0.3 is 0 Å². The van der Waals surface area contributed by atoms with Gasteiger partial charge in [0.25, 0.3) is 0 Å². The summed E-state index contributed by atoms with van der Waals surface area (Å²) in [5.41, 5.74) is 6.63. The normalized spacial score (nSPS) is 21.2. The zero-order chi connectivity index (χ0) is 11.5. The molecule has 2 N–H and O–H groups in total. The van der Waals surface area contributed by atoms with Crippen LogP contribution in [0.15, 0.2) is 6.07 Å². The fraction of sp³-hybridized carbons (Fsp3) is 0.636. The SMILES string of the molecule is Cc1cc(N2CCC[C@H](CN)C2)nc(Cl)n1. The van der Waals surface area contributed by atoms with Gasteiger partial charge in [0.15, 0.2) is 0 Å². The van der Waals surface area contributed by atoms with E-state index in [9.17, 15) is 0 Å². The van der Waals surface area contributed by atoms with Gasteiger partial charge in [-0.2, -0.15) is 0 Å². The van der Waals surface area contributed by atoms with Gasteiger partial charge in [-0.1, -0.05) is 0 Å². The summed E-state index contributed by atoms with van der Waals surface area (Å²) in [4.78, 5) is 10.6. The molecule has 1 saturated heterocycles. The predicted molar refractivity (Wildman–Crippen MR) is 65.8 cm³/mol. The van der Waals surface area contributed by atoms with Crippen LogP contribution in [0, 0.1) is 12.8 Å². The fourth-order valence-corrected chi connectivity index (χ4v) is 2.36. The Labute approximate surface area is 101 Å². The number of nitrogens with two attached hydrogens (primary N) is 1. The van der Waals surface area contributed by atoms with Crippen LogP contribution in [0.5, 0.6) is 0 Å². The maximum atomic E-state index is 5.87. The van der Waals surface area contributed by atoms with Crippen LogP contribution < -0.4 is 10.6 Å². The maximum absolute atomic E-state index is 5.87. The highest BCUT2D eigenvalue weighted by molar-refractivity contribution is 6.28. The third-order valence-electron chi connectivity index (χ3n) is 2.99. The quantitative estimate of drug-likeness (QED) is 0.799. The molecule has 0 amide bonds. The second kappa shape index (κ2) is 4.97. The summed E-state index contributed by atoms with van der Waals surface area (Å²) in [7, 11) is 0. The molecule has 0 spiro atoms. The van der Waals surface area contributed by atoms with E-state index >= 15 is 0 Å². The van der Waals surface area contributed by atoms with Crippen LogP contribution in [0.2, 0.25) is 5.28 Å². The van der Waals surface area contributed by atoms with E-state index in [-0.39, 0.29) is 0 Å². The summed E-state index contributed by atoms with van der Waals surface area (Å²) < 4.78 is 0. The number of hydrogen-bond acceptors (Lipinski definition) is 4. The first-order valence-electron chi connectivity index (χ1n) is 5.65. The summed E-state index contributed by atoms with van der Waals surface area (Å²) in [6.45, 7) is 4.68. The van der Waals surface area contributed by atoms with Gasteiger partial charge in [-0.3, -0.25) is 0 Å². The lowest BCUT2D eigenvalue weighted by atomic mass is 9.98. The van der Waals surface area contributed by atoms with Crippen LogP contribution >= 0.6 is 11.6 Å². The Morgan fingerprint density at radius 2 is 2.38 bits per heavy atom. The lowest BCUT2D eigenvalue weighted by Gasteiger charge is -2.33. The van der Waals surface area contributed by atoms with Crippen molar-refractivity contribution in [2.24, 2.45) is 11.7 Å². The molecule has 1 fully saturated rings. The van der Waals surface area contributed by atoms with Gasteiger partial charge < -0.3 is 10.6 Å². The number of nitrogens with zero attached hydrogens (tertiary/aromatic N) is 3. The van der Waals surface area contributed by atoms with Crippen molar-refractivity contribution in [1.29, 1.82) is 0 Å². The zero-order valence-electron chi connectivity index (χ0n) is 9.49. The molecule has 2 rings (SSSR count). The Kier molecular flexibility index (Phi) is 3.61. The van der Waals surface area contributed by atoms with Gasteiger partial charge in [0.2, 0.25) is 5.28 Å². The van der Waals surface area contributed by atoms with Gasteiger partial charge in [0, 0.05) is 24.8 Å². The van der Waals surface area contributed by atoms with Crippen LogP contribution in [0.25, 0.3) is 0 Å². The molecular formula is C11H17ClN4. The highest BCUT2D eigenvalue weighted by Crippen LogP contribution is 2.22. The average molecular weight is 241 g/mol. The summed E-state index contributed by atoms with van der Waals surface area (Å²) in [6, 6.07) is 1.98. The third-order valence-corrected chi connectivity index (χ3v) is 3.16. The van der Waals surface area contributed by atoms with E-state index in [0.717, 1.165) is 31.1 Å². The monoisotopic (exact) mass is 240 g/mol. The Morgan fingerprint density at radius 1 is 1.56 bits per heavy atom. The first-order chi connectivity index (χ1) is 7.69. The van der Waals surface area contributed by atoms with Gasteiger partial charge in [-0.15, -0.1) is 0 Å². The maximum Gasteiger partial charge on any atom is 0.224 e. The van der Waals surface area contributed by atoms with Crippen molar-refractivity contribution in [3.8, 4) is 0 Å². The van der Waals surface area contributed by atoms with Crippen LogP contribution in [0.4, 0.5) is 5.82 Å². The molecule has 16 heavy (non-hydrogen) atoms. The molecule has 4 nitrogen and oxygen atoms in total. The van der Waals surface area contributed by atoms with E-state index in [1.165, 1.54) is 12.8 Å². The molecule has 1 aromatic heterocycles. The molecule has 1 atom stereocenters. The van der Waals surface area contributed by atoms with Crippen LogP contribution in [0.3, 0.4) is 0 Å². The fourth-order valence-electron chi connectivity index (χ4n) is 2.14. The van der Waals surface area contributed by atoms with Gasteiger partial charge in [0.1, 0.15) is 5.82 Å². The van der Waals surface area contributed by atoms with E-state index in [1.807, 2.05) is 13.0 Å². The van der Waals surface area contributed by atoms with Crippen molar-refractivity contribution < 1.29 is 0 Å². The molecule has 0 bridgehead atoms. The van der Waals surface area contributed by atoms with Crippen molar-refractivity contribution in [1.82, 2.24) is 9.97 Å². The minimum Gasteiger partial charge on any atom is -0.356 e. The molecule has 1 aliphatic heterocycles. The number of aromatic nitrogens is 2. The zero-order valence-corrected chi connectivity index (χ0v) is 10.2. The first-order valence-corrected chi connectivity index (χ1v) is 6.03. The molecule has 1 aromatic rings. The second-order valence-corrected chi connectivity index (χ2v) is 4.66. The summed E-state index contributed by atoms with van der Waals surface area (Å²) >= 11 is 5.87. The smallest absolute Gasteiger partial charge is 0.224 e. The number of halogens is 1. The standard InChI is InChI=1S/C11H17ClN4/c1-8-5-10(15-11(12)14-8)16-4-2-3-9(6-13)7-16/h5,9H,2-4,6-7,13H2,1H3/t9-/m1/s1. The minimum atomic E-state index is 0.324. The molecule has 5 heteroatoms. The molecule has 0 saturated carbocycles. The largest absolute Gasteiger partial charge is 0.356 e. The molecule has 2 heterocycles. The lowest BCUT2D eigenvalue weighted by molar-refractivity contribution is 0.421. The predicted octanol–water partition coefficient (Wildman–Crippen LogP) is 1.61. The average Bonchev–Trinajstić information content (AvgIpc) is 2.28. The third kappa shape index (κ3) is 2.62. The van der Waals surface area contributed by atoms with Crippen LogP contribution in [-0.2, 0) is 0 Å². The number of piperidine rings is 1. The van der Waals surface area contributed by atoms with Gasteiger partial charge in [0.05, 0.1) is 0 Å². The van der Waals surface area contributed by atoms with E-state index in [4.69, 9.17) is 17.3 Å². The van der Waals surface area contributed by atoms with Gasteiger partial charge in [-0.05, 0) is 43.8 Å². The summed E-state index contributed by atoms with van der Waals surface area (Å²) in [5.74, 6) is 1.50. The van der Waals surface area contributed by atoms with Crippen LogP contribution in [0.1, 0.15) is 18.5 Å². The van der Waals surface area contributed by atoms with E-state index < -0.39 is 0 Å². The molecule has 0 aromatic carbocycles. The highest BCUT2D eigenvalue weighted by atomic mass is 35.5. The molecule has 0 unspecified atom stereocenters. The van der Waals surface area contributed by atoms with E-state index in [2.05, 4.69) is 14.9 Å². The topological polar surface area (TPSA) is 55.0 Å². The lowest BCUT2D eigenvalue weighted by Crippen LogP contribution is -2.38. The second-order valence-electron chi connectivity index (χ2n) is 4.33. The van der Waals surface area contributed by atoms with Crippen molar-refractivity contribution in [3.05, 3.63) is 17.0 Å². The first kappa shape index (κ1) is 11.6. The number of anilines is 1. The van der Waals surface area contributed by atoms with Crippen LogP contribution in [-0.4, -0.2) is 29.6 Å². The van der Waals surface area contributed by atoms with Gasteiger partial charge in [-0.25, -0.2) is 9.97 Å². The highest BCUT2D eigenvalue weighted by Gasteiger charge is 2.20. The minimum absolute atomic E-state index is 0.324. The molecule has 0 aliphatic carbocycles. The molecule has 88 valence electrons. The Morgan fingerprint density at radius 3 is 3.06 bits per heavy atom. The Bertz CT molecular complexity index is 349.